The van der Waals surface area contributed by atoms with Crippen LogP contribution in [-0.4, -0.2) is 83.9 Å². The van der Waals surface area contributed by atoms with Crippen molar-refractivity contribution >= 4 is 12.0 Å². The summed E-state index contributed by atoms with van der Waals surface area (Å²) in [6.07, 6.45) is -5.41. The molecule has 12 nitrogen and oxygen atoms in total. The molecule has 6 unspecified atom stereocenters. The molecule has 6 atom stereocenters. The van der Waals surface area contributed by atoms with Gasteiger partial charge in [0.05, 0.1) is 18.3 Å². The van der Waals surface area contributed by atoms with Gasteiger partial charge in [-0.25, -0.2) is 4.79 Å². The summed E-state index contributed by atoms with van der Waals surface area (Å²) < 4.78 is 16.9. The van der Waals surface area contributed by atoms with Gasteiger partial charge in [0.25, 0.3) is 0 Å². The van der Waals surface area contributed by atoms with Crippen molar-refractivity contribution in [3.8, 4) is 34.5 Å². The molecule has 0 bridgehead atoms. The Labute approximate surface area is 233 Å². The summed E-state index contributed by atoms with van der Waals surface area (Å²) >= 11 is 0. The highest BCUT2D eigenvalue weighted by molar-refractivity contribution is 5.87. The van der Waals surface area contributed by atoms with Gasteiger partial charge in [-0.2, -0.15) is 0 Å². The highest BCUT2D eigenvalue weighted by atomic mass is 16.6. The molecule has 0 aromatic heterocycles. The molecular weight excluding hydrogens is 540 g/mol. The second-order valence-corrected chi connectivity index (χ2v) is 9.78. The van der Waals surface area contributed by atoms with E-state index in [1.807, 2.05) is 0 Å². The van der Waals surface area contributed by atoms with Crippen LogP contribution in [0.25, 0.3) is 6.08 Å². The number of phenols is 4. The summed E-state index contributed by atoms with van der Waals surface area (Å²) in [4.78, 5) is 12.3. The minimum Gasteiger partial charge on any atom is -0.508 e. The minimum atomic E-state index is -1.78. The SMILES string of the molecule is O=C(C=Cc1ccc(O)cc1)OCC1OC(C2c3cc(CO)cc(O)c3Oc3c(O)ccc(O)c32)C(O)C(O)C1O. The number of hydrogen-bond acceptors (Lipinski definition) is 12. The molecule has 2 aliphatic heterocycles. The number of aromatic hydroxyl groups is 4. The van der Waals surface area contributed by atoms with E-state index in [1.165, 1.54) is 42.5 Å². The van der Waals surface area contributed by atoms with Crippen LogP contribution in [0.2, 0.25) is 0 Å². The number of phenolic OH excluding ortho intramolecular Hbond substituents is 4. The Morgan fingerprint density at radius 3 is 2.27 bits per heavy atom. The van der Waals surface area contributed by atoms with Crippen molar-refractivity contribution in [2.75, 3.05) is 6.61 Å². The molecule has 1 saturated heterocycles. The predicted molar refractivity (Wildman–Crippen MR) is 140 cm³/mol. The van der Waals surface area contributed by atoms with Gasteiger partial charge in [-0.15, -0.1) is 0 Å². The van der Waals surface area contributed by atoms with Crippen LogP contribution >= 0.6 is 0 Å². The van der Waals surface area contributed by atoms with Gasteiger partial charge in [0.15, 0.2) is 23.0 Å². The lowest BCUT2D eigenvalue weighted by molar-refractivity contribution is -0.234. The number of fused-ring (bicyclic) bond motifs is 2. The van der Waals surface area contributed by atoms with Crippen LogP contribution in [0.15, 0.2) is 54.6 Å². The van der Waals surface area contributed by atoms with Gasteiger partial charge < -0.3 is 55.1 Å². The zero-order valence-electron chi connectivity index (χ0n) is 21.4. The molecule has 2 heterocycles. The first-order valence-electron chi connectivity index (χ1n) is 12.6. The van der Waals surface area contributed by atoms with Crippen LogP contribution in [-0.2, 0) is 20.9 Å². The number of ether oxygens (including phenoxy) is 3. The number of carbonyl (C=O) groups excluding carboxylic acids is 1. The third-order valence-corrected chi connectivity index (χ3v) is 7.12. The third-order valence-electron chi connectivity index (χ3n) is 7.12. The van der Waals surface area contributed by atoms with Crippen molar-refractivity contribution in [1.29, 1.82) is 0 Å². The van der Waals surface area contributed by atoms with E-state index in [4.69, 9.17) is 14.2 Å². The van der Waals surface area contributed by atoms with E-state index in [-0.39, 0.29) is 39.7 Å². The highest BCUT2D eigenvalue weighted by Gasteiger charge is 2.50. The first kappa shape index (κ1) is 28.2. The fourth-order valence-corrected chi connectivity index (χ4v) is 5.07. The maximum Gasteiger partial charge on any atom is 0.330 e. The van der Waals surface area contributed by atoms with Gasteiger partial charge >= 0.3 is 5.97 Å². The molecule has 216 valence electrons. The smallest absolute Gasteiger partial charge is 0.330 e. The molecule has 5 rings (SSSR count). The molecule has 0 saturated carbocycles. The molecule has 8 N–H and O–H groups in total. The summed E-state index contributed by atoms with van der Waals surface area (Å²) in [5.74, 6) is -3.45. The maximum atomic E-state index is 12.3. The fourth-order valence-electron chi connectivity index (χ4n) is 5.07. The lowest BCUT2D eigenvalue weighted by Crippen LogP contribution is -2.60. The lowest BCUT2D eigenvalue weighted by Gasteiger charge is -2.45. The first-order chi connectivity index (χ1) is 19.6. The van der Waals surface area contributed by atoms with E-state index in [9.17, 15) is 45.6 Å². The minimum absolute atomic E-state index is 0.0350. The molecule has 0 spiro atoms. The van der Waals surface area contributed by atoms with Gasteiger partial charge in [-0.3, -0.25) is 0 Å². The Morgan fingerprint density at radius 1 is 0.854 bits per heavy atom. The summed E-state index contributed by atoms with van der Waals surface area (Å²) in [5.41, 5.74) is 0.988. The predicted octanol–water partition coefficient (Wildman–Crippen LogP) is 1.35. The van der Waals surface area contributed by atoms with Crippen LogP contribution in [0.3, 0.4) is 0 Å². The van der Waals surface area contributed by atoms with Crippen LogP contribution in [0, 0.1) is 0 Å². The summed E-state index contributed by atoms with van der Waals surface area (Å²) in [6.45, 7) is -1.00. The highest BCUT2D eigenvalue weighted by Crippen LogP contribution is 2.56. The molecule has 0 aliphatic carbocycles. The Hall–Kier alpha value is -4.33. The lowest BCUT2D eigenvalue weighted by atomic mass is 9.77. The number of esters is 1. The van der Waals surface area contributed by atoms with Crippen LogP contribution in [0.5, 0.6) is 34.5 Å². The van der Waals surface area contributed by atoms with Crippen LogP contribution in [0.4, 0.5) is 0 Å². The Balaban J connectivity index is 1.45. The standard InChI is InChI=1S/C29H28O12/c30-11-14-9-16-22(23-17(32)6-7-18(33)28(23)41-27(16)19(34)10-14)29-26(38)25(37)24(36)20(40-29)12-39-21(35)8-3-13-1-4-15(31)5-2-13/h1-10,20,22,24-26,29-34,36-38H,11-12H2. The molecule has 1 fully saturated rings. The monoisotopic (exact) mass is 568 g/mol. The van der Waals surface area contributed by atoms with Gasteiger partial charge in [-0.1, -0.05) is 12.1 Å². The number of benzene rings is 3. The van der Waals surface area contributed by atoms with Crippen molar-refractivity contribution < 1.29 is 59.9 Å². The summed E-state index contributed by atoms with van der Waals surface area (Å²) in [6, 6.07) is 11.1. The van der Waals surface area contributed by atoms with E-state index in [1.54, 1.807) is 12.1 Å². The number of rotatable bonds is 6. The molecule has 0 radical (unpaired) electrons. The van der Waals surface area contributed by atoms with Crippen LogP contribution in [0.1, 0.15) is 28.2 Å². The Morgan fingerprint density at radius 2 is 1.56 bits per heavy atom. The van der Waals surface area contributed by atoms with Crippen molar-refractivity contribution in [3.63, 3.8) is 0 Å². The van der Waals surface area contributed by atoms with Crippen molar-refractivity contribution in [3.05, 3.63) is 76.9 Å². The number of hydrogen-bond donors (Lipinski definition) is 8. The molecule has 3 aromatic carbocycles. The van der Waals surface area contributed by atoms with Crippen molar-refractivity contribution in [2.24, 2.45) is 0 Å². The molecule has 3 aromatic rings. The largest absolute Gasteiger partial charge is 0.508 e. The molecule has 41 heavy (non-hydrogen) atoms. The Kier molecular flexibility index (Phi) is 7.76. The number of aliphatic hydroxyl groups excluding tert-OH is 4. The number of aliphatic hydroxyl groups is 4. The molecule has 12 heteroatoms. The van der Waals surface area contributed by atoms with Gasteiger partial charge in [0.2, 0.25) is 0 Å². The third kappa shape index (κ3) is 5.38. The van der Waals surface area contributed by atoms with Gasteiger partial charge in [0.1, 0.15) is 42.5 Å². The van der Waals surface area contributed by atoms with Crippen LogP contribution < -0.4 is 4.74 Å². The molecule has 0 amide bonds. The second kappa shape index (κ2) is 11.3. The topological polar surface area (TPSA) is 207 Å². The first-order valence-corrected chi connectivity index (χ1v) is 12.6. The van der Waals surface area contributed by atoms with Crippen molar-refractivity contribution in [2.45, 2.75) is 43.0 Å². The van der Waals surface area contributed by atoms with E-state index in [2.05, 4.69) is 0 Å². The summed E-state index contributed by atoms with van der Waals surface area (Å²) in [5, 5.41) is 83.4. The van der Waals surface area contributed by atoms with E-state index in [0.717, 1.165) is 6.08 Å². The Bertz CT molecular complexity index is 1470. The van der Waals surface area contributed by atoms with Crippen molar-refractivity contribution in [1.82, 2.24) is 0 Å². The number of carbonyl (C=O) groups is 1. The maximum absolute atomic E-state index is 12.3. The quantitative estimate of drug-likeness (QED) is 0.120. The molecular formula is C29H28O12. The zero-order chi connectivity index (χ0) is 29.4. The molecule has 2 aliphatic rings. The van der Waals surface area contributed by atoms with E-state index < -0.39 is 67.1 Å². The van der Waals surface area contributed by atoms with Gasteiger partial charge in [-0.05, 0) is 53.6 Å². The average Bonchev–Trinajstić information content (AvgIpc) is 2.96. The summed E-state index contributed by atoms with van der Waals surface area (Å²) in [7, 11) is 0. The normalized spacial score (nSPS) is 25.3. The fraction of sp³-hybridized carbons (Fsp3) is 0.276. The van der Waals surface area contributed by atoms with Gasteiger partial charge in [0, 0.05) is 17.6 Å². The van der Waals surface area contributed by atoms with E-state index in [0.29, 0.717) is 5.56 Å². The second-order valence-electron chi connectivity index (χ2n) is 9.78. The van der Waals surface area contributed by atoms with E-state index >= 15 is 0 Å². The zero-order valence-corrected chi connectivity index (χ0v) is 21.4. The average molecular weight is 569 g/mol.